The fourth-order valence-corrected chi connectivity index (χ4v) is 0.999. The summed E-state index contributed by atoms with van der Waals surface area (Å²) in [6.07, 6.45) is 7.71. The van der Waals surface area contributed by atoms with Crippen LogP contribution < -0.4 is 0 Å². The molecule has 0 radical (unpaired) electrons. The molecule has 0 aromatic carbocycles. The van der Waals surface area contributed by atoms with Crippen LogP contribution in [0.2, 0.25) is 0 Å². The van der Waals surface area contributed by atoms with E-state index < -0.39 is 0 Å². The highest BCUT2D eigenvalue weighted by molar-refractivity contribution is 5.00. The van der Waals surface area contributed by atoms with Crippen LogP contribution in [0.5, 0.6) is 0 Å². The van der Waals surface area contributed by atoms with Gasteiger partial charge < -0.3 is 5.11 Å². The summed E-state index contributed by atoms with van der Waals surface area (Å²) in [5, 5.41) is 8.63. The summed E-state index contributed by atoms with van der Waals surface area (Å²) >= 11 is 0. The van der Waals surface area contributed by atoms with Gasteiger partial charge in [0, 0.05) is 0 Å². The van der Waals surface area contributed by atoms with Crippen molar-refractivity contribution in [1.29, 1.82) is 0 Å². The molecule has 1 nitrogen and oxygen atoms in total. The molecular weight excluding hydrogens is 160 g/mol. The fourth-order valence-electron chi connectivity index (χ4n) is 0.999. The molecule has 0 bridgehead atoms. The number of rotatable bonds is 1. The highest BCUT2D eigenvalue weighted by Gasteiger charge is 1.97. The average Bonchev–Trinajstić information content (AvgIpc) is 2.06. The summed E-state index contributed by atoms with van der Waals surface area (Å²) in [6, 6.07) is 0. The molecule has 1 atom stereocenters. The number of aliphatic hydroxyl groups is 1. The van der Waals surface area contributed by atoms with Crippen LogP contribution in [0.4, 0.5) is 0 Å². The van der Waals surface area contributed by atoms with Crippen molar-refractivity contribution < 1.29 is 5.11 Å². The maximum absolute atomic E-state index is 8.63. The van der Waals surface area contributed by atoms with Crippen molar-refractivity contribution in [3.8, 4) is 0 Å². The first-order valence-electron chi connectivity index (χ1n) is 5.37. The first kappa shape index (κ1) is 12.7. The van der Waals surface area contributed by atoms with Gasteiger partial charge in [-0.25, -0.2) is 0 Å². The standard InChI is InChI=1S/C7H12.C5H12O/c1-7-5-3-2-4-6-7;1-4(2)5(3)6/h5H,2-4,6H2,1H3;4-6H,1-3H3. The Morgan fingerprint density at radius 3 is 1.92 bits per heavy atom. The molecule has 1 aliphatic rings. The Balaban J connectivity index is 0.000000226. The SMILES string of the molecule is CC(C)C(C)O.CC1=CCCCC1. The normalized spacial score (nSPS) is 18.8. The number of hydrogen-bond donors (Lipinski definition) is 1. The van der Waals surface area contributed by atoms with Gasteiger partial charge in [-0.2, -0.15) is 0 Å². The van der Waals surface area contributed by atoms with Crippen molar-refractivity contribution in [2.24, 2.45) is 5.92 Å². The summed E-state index contributed by atoms with van der Waals surface area (Å²) in [7, 11) is 0. The van der Waals surface area contributed by atoms with Gasteiger partial charge in [-0.05, 0) is 45.4 Å². The highest BCUT2D eigenvalue weighted by Crippen LogP contribution is 2.15. The van der Waals surface area contributed by atoms with Crippen molar-refractivity contribution in [3.63, 3.8) is 0 Å². The molecule has 0 aliphatic heterocycles. The van der Waals surface area contributed by atoms with Crippen molar-refractivity contribution in [1.82, 2.24) is 0 Å². The van der Waals surface area contributed by atoms with Crippen molar-refractivity contribution in [2.75, 3.05) is 0 Å². The predicted octanol–water partition coefficient (Wildman–Crippen LogP) is 3.53. The molecule has 0 aromatic heterocycles. The van der Waals surface area contributed by atoms with Gasteiger partial charge in [-0.1, -0.05) is 25.5 Å². The van der Waals surface area contributed by atoms with E-state index in [0.29, 0.717) is 5.92 Å². The zero-order chi connectivity index (χ0) is 10.3. The molecule has 1 rings (SSSR count). The third kappa shape index (κ3) is 8.04. The second kappa shape index (κ2) is 7.14. The van der Waals surface area contributed by atoms with E-state index in [1.807, 2.05) is 13.8 Å². The second-order valence-electron chi connectivity index (χ2n) is 4.28. The lowest BCUT2D eigenvalue weighted by molar-refractivity contribution is 0.144. The molecule has 0 heterocycles. The average molecular weight is 184 g/mol. The van der Waals surface area contributed by atoms with E-state index >= 15 is 0 Å². The summed E-state index contributed by atoms with van der Waals surface area (Å²) in [4.78, 5) is 0. The molecule has 1 heteroatoms. The zero-order valence-electron chi connectivity index (χ0n) is 9.51. The highest BCUT2D eigenvalue weighted by atomic mass is 16.3. The molecule has 0 saturated heterocycles. The lowest BCUT2D eigenvalue weighted by atomic mass is 10.0. The first-order chi connectivity index (χ1) is 6.04. The van der Waals surface area contributed by atoms with E-state index in [9.17, 15) is 0 Å². The van der Waals surface area contributed by atoms with E-state index in [-0.39, 0.29) is 6.10 Å². The van der Waals surface area contributed by atoms with Gasteiger partial charge in [0.25, 0.3) is 0 Å². The van der Waals surface area contributed by atoms with Crippen molar-refractivity contribution in [2.45, 2.75) is 59.5 Å². The van der Waals surface area contributed by atoms with Crippen molar-refractivity contribution in [3.05, 3.63) is 11.6 Å². The van der Waals surface area contributed by atoms with E-state index in [1.165, 1.54) is 25.7 Å². The Bertz CT molecular complexity index is 139. The minimum Gasteiger partial charge on any atom is -0.393 e. The van der Waals surface area contributed by atoms with Crippen LogP contribution in [0.1, 0.15) is 53.4 Å². The molecule has 1 unspecified atom stereocenters. The van der Waals surface area contributed by atoms with Crippen LogP contribution >= 0.6 is 0 Å². The Hall–Kier alpha value is -0.300. The monoisotopic (exact) mass is 184 g/mol. The Kier molecular flexibility index (Phi) is 6.97. The van der Waals surface area contributed by atoms with E-state index in [0.717, 1.165) is 0 Å². The van der Waals surface area contributed by atoms with Crippen LogP contribution in [0.15, 0.2) is 11.6 Å². The van der Waals surface area contributed by atoms with Crippen LogP contribution in [-0.4, -0.2) is 11.2 Å². The van der Waals surface area contributed by atoms with Crippen LogP contribution in [0.25, 0.3) is 0 Å². The number of allylic oxidation sites excluding steroid dienone is 2. The van der Waals surface area contributed by atoms with Gasteiger partial charge in [-0.3, -0.25) is 0 Å². The summed E-state index contributed by atoms with van der Waals surface area (Å²) in [5.74, 6) is 0.407. The van der Waals surface area contributed by atoms with Gasteiger partial charge in [0.15, 0.2) is 0 Å². The second-order valence-corrected chi connectivity index (χ2v) is 4.28. The fraction of sp³-hybridized carbons (Fsp3) is 0.833. The Morgan fingerprint density at radius 1 is 1.23 bits per heavy atom. The minimum atomic E-state index is -0.148. The molecule has 0 spiro atoms. The largest absolute Gasteiger partial charge is 0.393 e. The van der Waals surface area contributed by atoms with Gasteiger partial charge in [0.05, 0.1) is 6.10 Å². The summed E-state index contributed by atoms with van der Waals surface area (Å²) < 4.78 is 0. The smallest absolute Gasteiger partial charge is 0.0535 e. The lowest BCUT2D eigenvalue weighted by Crippen LogP contribution is -2.07. The third-order valence-electron chi connectivity index (χ3n) is 2.48. The van der Waals surface area contributed by atoms with E-state index in [4.69, 9.17) is 5.11 Å². The Labute approximate surface area is 82.9 Å². The molecule has 0 amide bonds. The minimum absolute atomic E-state index is 0.148. The molecule has 1 aliphatic carbocycles. The molecule has 13 heavy (non-hydrogen) atoms. The van der Waals surface area contributed by atoms with Gasteiger partial charge in [0.1, 0.15) is 0 Å². The van der Waals surface area contributed by atoms with Gasteiger partial charge in [0.2, 0.25) is 0 Å². The quantitative estimate of drug-likeness (QED) is 0.618. The topological polar surface area (TPSA) is 20.2 Å². The lowest BCUT2D eigenvalue weighted by Gasteiger charge is -2.05. The molecule has 0 aromatic rings. The summed E-state index contributed by atoms with van der Waals surface area (Å²) in [5.41, 5.74) is 1.59. The predicted molar refractivity (Wildman–Crippen MR) is 58.7 cm³/mol. The molecule has 0 fully saturated rings. The maximum atomic E-state index is 8.63. The van der Waals surface area contributed by atoms with Crippen LogP contribution in [0.3, 0.4) is 0 Å². The van der Waals surface area contributed by atoms with Crippen LogP contribution in [0, 0.1) is 5.92 Å². The number of hydrogen-bond acceptors (Lipinski definition) is 1. The number of aliphatic hydroxyl groups excluding tert-OH is 1. The summed E-state index contributed by atoms with van der Waals surface area (Å²) in [6.45, 7) is 8.00. The van der Waals surface area contributed by atoms with Gasteiger partial charge >= 0.3 is 0 Å². The molecule has 0 saturated carbocycles. The molecule has 1 N–H and O–H groups in total. The zero-order valence-corrected chi connectivity index (χ0v) is 9.51. The van der Waals surface area contributed by atoms with Crippen LogP contribution in [-0.2, 0) is 0 Å². The maximum Gasteiger partial charge on any atom is 0.0535 e. The van der Waals surface area contributed by atoms with Crippen molar-refractivity contribution >= 4 is 0 Å². The molecular formula is C12H24O. The van der Waals surface area contributed by atoms with E-state index in [2.05, 4.69) is 13.0 Å². The van der Waals surface area contributed by atoms with E-state index in [1.54, 1.807) is 12.5 Å². The first-order valence-corrected chi connectivity index (χ1v) is 5.37. The third-order valence-corrected chi connectivity index (χ3v) is 2.48. The molecule has 78 valence electrons. The Morgan fingerprint density at radius 2 is 1.77 bits per heavy atom. The van der Waals surface area contributed by atoms with Gasteiger partial charge in [-0.15, -0.1) is 0 Å².